The lowest BCUT2D eigenvalue weighted by Crippen LogP contribution is -2.26. The van der Waals surface area contributed by atoms with Crippen molar-refractivity contribution in [2.75, 3.05) is 4.90 Å². The number of anilines is 3. The predicted molar refractivity (Wildman–Crippen MR) is 197 cm³/mol. The molecule has 10 rings (SSSR count). The van der Waals surface area contributed by atoms with Crippen molar-refractivity contribution < 1.29 is 0 Å². The van der Waals surface area contributed by atoms with Crippen molar-refractivity contribution in [3.63, 3.8) is 0 Å². The Morgan fingerprint density at radius 3 is 1.68 bits per heavy atom. The van der Waals surface area contributed by atoms with Gasteiger partial charge in [-0.05, 0) is 97.9 Å². The minimum Gasteiger partial charge on any atom is -0.310 e. The van der Waals surface area contributed by atoms with Gasteiger partial charge < -0.3 is 4.90 Å². The van der Waals surface area contributed by atoms with E-state index in [9.17, 15) is 0 Å². The molecule has 0 saturated carbocycles. The number of rotatable bonds is 3. The number of para-hydroxylation sites is 1. The van der Waals surface area contributed by atoms with E-state index >= 15 is 0 Å². The smallest absolute Gasteiger partial charge is 0.0726 e. The van der Waals surface area contributed by atoms with E-state index < -0.39 is 5.41 Å². The minimum atomic E-state index is -0.448. The first-order valence-corrected chi connectivity index (χ1v) is 16.5. The van der Waals surface area contributed by atoms with Gasteiger partial charge in [0.15, 0.2) is 0 Å². The van der Waals surface area contributed by atoms with Gasteiger partial charge in [0, 0.05) is 16.8 Å². The van der Waals surface area contributed by atoms with E-state index in [1.54, 1.807) is 0 Å². The molecule has 0 amide bonds. The first-order valence-electron chi connectivity index (χ1n) is 16.5. The molecule has 0 saturated heterocycles. The van der Waals surface area contributed by atoms with Crippen molar-refractivity contribution in [1.82, 2.24) is 0 Å². The van der Waals surface area contributed by atoms with E-state index in [-0.39, 0.29) is 0 Å². The second kappa shape index (κ2) is 9.79. The standard InChI is InChI=1S/C46H31N/c1-30-23-26-33(27-24-30)47(32-14-3-2-4-15-32)43-29-42-45(38-20-8-7-19-37(38)43)44-34-16-6-5-13-31(34)25-28-41(44)46(42)39-21-11-9-17-35(39)36-18-10-12-22-40(36)46/h2-29H,1H3. The highest BCUT2D eigenvalue weighted by molar-refractivity contribution is 6.16. The van der Waals surface area contributed by atoms with E-state index in [0.717, 1.165) is 11.4 Å². The van der Waals surface area contributed by atoms with E-state index in [1.165, 1.54) is 77.3 Å². The summed E-state index contributed by atoms with van der Waals surface area (Å²) in [6.07, 6.45) is 0. The molecule has 220 valence electrons. The molecule has 0 N–H and O–H groups in total. The SMILES string of the molecule is Cc1ccc(N(c2ccccc2)c2cc3c(c4ccccc24)-c2c(ccc4ccccc24)C32c3ccccc3-c3ccccc32)cc1. The average molecular weight is 598 g/mol. The van der Waals surface area contributed by atoms with Crippen LogP contribution in [0.15, 0.2) is 170 Å². The molecule has 8 aromatic rings. The number of hydrogen-bond donors (Lipinski definition) is 0. The molecule has 1 spiro atoms. The Balaban J connectivity index is 1.42. The first-order chi connectivity index (χ1) is 23.2. The maximum Gasteiger partial charge on any atom is 0.0726 e. The Morgan fingerprint density at radius 2 is 0.957 bits per heavy atom. The topological polar surface area (TPSA) is 3.24 Å². The summed E-state index contributed by atoms with van der Waals surface area (Å²) in [5.74, 6) is 0. The zero-order valence-electron chi connectivity index (χ0n) is 26.1. The van der Waals surface area contributed by atoms with Crippen LogP contribution in [0.1, 0.15) is 27.8 Å². The largest absolute Gasteiger partial charge is 0.310 e. The van der Waals surface area contributed by atoms with Gasteiger partial charge in [-0.2, -0.15) is 0 Å². The van der Waals surface area contributed by atoms with Gasteiger partial charge in [0.25, 0.3) is 0 Å². The molecule has 0 bridgehead atoms. The van der Waals surface area contributed by atoms with Crippen LogP contribution in [0.2, 0.25) is 0 Å². The van der Waals surface area contributed by atoms with E-state index in [4.69, 9.17) is 0 Å². The molecule has 1 nitrogen and oxygen atoms in total. The molecule has 2 aliphatic carbocycles. The summed E-state index contributed by atoms with van der Waals surface area (Å²) >= 11 is 0. The lowest BCUT2D eigenvalue weighted by molar-refractivity contribution is 0.795. The van der Waals surface area contributed by atoms with Gasteiger partial charge >= 0.3 is 0 Å². The number of benzene rings is 8. The zero-order valence-corrected chi connectivity index (χ0v) is 26.1. The summed E-state index contributed by atoms with van der Waals surface area (Å²) in [7, 11) is 0. The van der Waals surface area contributed by atoms with Crippen LogP contribution in [-0.4, -0.2) is 0 Å². The highest BCUT2D eigenvalue weighted by atomic mass is 15.1. The Kier molecular flexibility index (Phi) is 5.48. The molecule has 0 aliphatic heterocycles. The van der Waals surface area contributed by atoms with Crippen molar-refractivity contribution in [3.8, 4) is 22.3 Å². The van der Waals surface area contributed by atoms with Gasteiger partial charge in [0.2, 0.25) is 0 Å². The van der Waals surface area contributed by atoms with Crippen molar-refractivity contribution in [2.45, 2.75) is 12.3 Å². The molecule has 0 radical (unpaired) electrons. The van der Waals surface area contributed by atoms with Crippen LogP contribution >= 0.6 is 0 Å². The molecule has 2 aliphatic rings. The Morgan fingerprint density at radius 1 is 0.404 bits per heavy atom. The monoisotopic (exact) mass is 597 g/mol. The van der Waals surface area contributed by atoms with Crippen molar-refractivity contribution in [1.29, 1.82) is 0 Å². The zero-order chi connectivity index (χ0) is 31.1. The molecule has 8 aromatic carbocycles. The Bertz CT molecular complexity index is 2480. The van der Waals surface area contributed by atoms with Gasteiger partial charge in [0.1, 0.15) is 0 Å². The molecule has 0 unspecified atom stereocenters. The van der Waals surface area contributed by atoms with Crippen LogP contribution in [0.25, 0.3) is 43.8 Å². The van der Waals surface area contributed by atoms with E-state index in [2.05, 4.69) is 182 Å². The van der Waals surface area contributed by atoms with Crippen LogP contribution < -0.4 is 4.90 Å². The Labute approximate surface area is 275 Å². The lowest BCUT2D eigenvalue weighted by atomic mass is 9.70. The average Bonchev–Trinajstić information content (AvgIpc) is 3.61. The van der Waals surface area contributed by atoms with E-state index in [1.807, 2.05) is 0 Å². The summed E-state index contributed by atoms with van der Waals surface area (Å²) in [6, 6.07) is 63.1. The summed E-state index contributed by atoms with van der Waals surface area (Å²) < 4.78 is 0. The quantitative estimate of drug-likeness (QED) is 0.196. The second-order valence-electron chi connectivity index (χ2n) is 12.9. The van der Waals surface area contributed by atoms with Gasteiger partial charge in [-0.3, -0.25) is 0 Å². The maximum atomic E-state index is 2.53. The molecular weight excluding hydrogens is 567 g/mol. The summed E-state index contributed by atoms with van der Waals surface area (Å²) in [4.78, 5) is 2.45. The normalized spacial score (nSPS) is 13.4. The van der Waals surface area contributed by atoms with Gasteiger partial charge in [-0.25, -0.2) is 0 Å². The van der Waals surface area contributed by atoms with Crippen LogP contribution in [0.3, 0.4) is 0 Å². The van der Waals surface area contributed by atoms with Crippen molar-refractivity contribution in [3.05, 3.63) is 198 Å². The molecule has 0 aromatic heterocycles. The van der Waals surface area contributed by atoms with E-state index in [0.29, 0.717) is 0 Å². The highest BCUT2D eigenvalue weighted by Gasteiger charge is 2.52. The highest BCUT2D eigenvalue weighted by Crippen LogP contribution is 2.65. The fraction of sp³-hybridized carbons (Fsp3) is 0.0435. The third kappa shape index (κ3) is 3.49. The fourth-order valence-electron chi connectivity index (χ4n) is 8.62. The maximum absolute atomic E-state index is 2.53. The number of fused-ring (bicyclic) bond motifs is 14. The third-order valence-electron chi connectivity index (χ3n) is 10.5. The number of aryl methyl sites for hydroxylation is 1. The fourth-order valence-corrected chi connectivity index (χ4v) is 8.62. The molecule has 0 atom stereocenters. The van der Waals surface area contributed by atoms with Gasteiger partial charge in [0.05, 0.1) is 11.1 Å². The van der Waals surface area contributed by atoms with Gasteiger partial charge in [-0.15, -0.1) is 0 Å². The second-order valence-corrected chi connectivity index (χ2v) is 12.9. The first kappa shape index (κ1) is 26.3. The third-order valence-corrected chi connectivity index (χ3v) is 10.5. The summed E-state index contributed by atoms with van der Waals surface area (Å²) in [6.45, 7) is 2.15. The van der Waals surface area contributed by atoms with Crippen LogP contribution in [0.4, 0.5) is 17.1 Å². The molecule has 47 heavy (non-hydrogen) atoms. The van der Waals surface area contributed by atoms with Gasteiger partial charge in [-0.1, -0.05) is 145 Å². The molecule has 1 heteroatoms. The summed E-state index contributed by atoms with van der Waals surface area (Å²) in [5.41, 5.74) is 15.1. The molecule has 0 heterocycles. The number of nitrogens with zero attached hydrogens (tertiary/aromatic N) is 1. The van der Waals surface area contributed by atoms with Crippen LogP contribution in [0, 0.1) is 6.92 Å². The summed E-state index contributed by atoms with van der Waals surface area (Å²) in [5, 5.41) is 5.10. The van der Waals surface area contributed by atoms with Crippen molar-refractivity contribution >= 4 is 38.6 Å². The van der Waals surface area contributed by atoms with Crippen LogP contribution in [-0.2, 0) is 5.41 Å². The minimum absolute atomic E-state index is 0.448. The molecule has 0 fully saturated rings. The number of hydrogen-bond acceptors (Lipinski definition) is 1. The van der Waals surface area contributed by atoms with Crippen LogP contribution in [0.5, 0.6) is 0 Å². The van der Waals surface area contributed by atoms with Crippen molar-refractivity contribution in [2.24, 2.45) is 0 Å². The Hall–Kier alpha value is -5.92. The molecular formula is C46H31N. The lowest BCUT2D eigenvalue weighted by Gasteiger charge is -2.33. The predicted octanol–water partition coefficient (Wildman–Crippen LogP) is 12.1.